The predicted octanol–water partition coefficient (Wildman–Crippen LogP) is 2.44. The van der Waals surface area contributed by atoms with Crippen LogP contribution in [-0.4, -0.2) is 30.2 Å². The van der Waals surface area contributed by atoms with Gasteiger partial charge in [0.25, 0.3) is 0 Å². The lowest BCUT2D eigenvalue weighted by Crippen LogP contribution is -2.46. The standard InChI is InChI=1S/C19H28FN3O2/c1-12-16(18(23-22-12)13-4-6-14(20)7-5-13)10-17(24)21-15-8-9-25-19(2,3)11-15/h4-7,12,15-16,18,22-23H,8-11H2,1-3H3,(H,21,24). The van der Waals surface area contributed by atoms with Gasteiger partial charge >= 0.3 is 0 Å². The minimum Gasteiger partial charge on any atom is -0.375 e. The first-order chi connectivity index (χ1) is 11.8. The van der Waals surface area contributed by atoms with Crippen molar-refractivity contribution in [2.75, 3.05) is 6.61 Å². The van der Waals surface area contributed by atoms with Crippen molar-refractivity contribution in [1.82, 2.24) is 16.2 Å². The fourth-order valence-corrected chi connectivity index (χ4v) is 3.87. The molecule has 0 aliphatic carbocycles. The van der Waals surface area contributed by atoms with E-state index in [2.05, 4.69) is 36.9 Å². The third-order valence-corrected chi connectivity index (χ3v) is 5.25. The zero-order valence-electron chi connectivity index (χ0n) is 15.1. The molecule has 25 heavy (non-hydrogen) atoms. The van der Waals surface area contributed by atoms with Gasteiger partial charge in [0.2, 0.25) is 5.91 Å². The minimum absolute atomic E-state index is 0.00696. The van der Waals surface area contributed by atoms with Gasteiger partial charge in [0.1, 0.15) is 5.82 Å². The first kappa shape index (κ1) is 18.3. The number of carbonyl (C=O) groups excluding carboxylic acids is 1. The second-order valence-corrected chi connectivity index (χ2v) is 7.84. The van der Waals surface area contributed by atoms with Crippen molar-refractivity contribution < 1.29 is 13.9 Å². The average Bonchev–Trinajstić information content (AvgIpc) is 2.88. The normalized spacial score (nSPS) is 31.7. The van der Waals surface area contributed by atoms with Crippen molar-refractivity contribution in [1.29, 1.82) is 0 Å². The van der Waals surface area contributed by atoms with E-state index in [-0.39, 0.29) is 41.4 Å². The molecule has 2 fully saturated rings. The van der Waals surface area contributed by atoms with Crippen molar-refractivity contribution in [2.45, 2.75) is 63.8 Å². The Morgan fingerprint density at radius 3 is 2.72 bits per heavy atom. The maximum Gasteiger partial charge on any atom is 0.220 e. The molecule has 1 amide bonds. The zero-order valence-corrected chi connectivity index (χ0v) is 15.1. The summed E-state index contributed by atoms with van der Waals surface area (Å²) in [7, 11) is 0. The number of hydrazine groups is 1. The Morgan fingerprint density at radius 2 is 2.04 bits per heavy atom. The highest BCUT2D eigenvalue weighted by atomic mass is 19.1. The molecule has 0 radical (unpaired) electrons. The number of ether oxygens (including phenoxy) is 1. The van der Waals surface area contributed by atoms with Crippen molar-refractivity contribution in [2.24, 2.45) is 5.92 Å². The van der Waals surface area contributed by atoms with Gasteiger partial charge in [-0.2, -0.15) is 0 Å². The Hall–Kier alpha value is -1.50. The van der Waals surface area contributed by atoms with E-state index in [1.165, 1.54) is 12.1 Å². The van der Waals surface area contributed by atoms with Crippen LogP contribution in [0.1, 0.15) is 51.6 Å². The summed E-state index contributed by atoms with van der Waals surface area (Å²) in [4.78, 5) is 12.6. The smallest absolute Gasteiger partial charge is 0.220 e. The third kappa shape index (κ3) is 4.57. The molecule has 2 aliphatic rings. The van der Waals surface area contributed by atoms with Gasteiger partial charge in [0.15, 0.2) is 0 Å². The molecule has 4 unspecified atom stereocenters. The number of rotatable bonds is 4. The molecule has 1 aromatic rings. The van der Waals surface area contributed by atoms with Crippen LogP contribution in [0, 0.1) is 11.7 Å². The highest BCUT2D eigenvalue weighted by Crippen LogP contribution is 2.31. The van der Waals surface area contributed by atoms with E-state index in [0.29, 0.717) is 13.0 Å². The molecule has 1 aromatic carbocycles. The molecular weight excluding hydrogens is 321 g/mol. The SMILES string of the molecule is CC1NNC(c2ccc(F)cc2)C1CC(=O)NC1CCOC(C)(C)C1. The highest BCUT2D eigenvalue weighted by molar-refractivity contribution is 5.76. The number of halogens is 1. The molecule has 2 heterocycles. The van der Waals surface area contributed by atoms with Crippen molar-refractivity contribution >= 4 is 5.91 Å². The predicted molar refractivity (Wildman–Crippen MR) is 94.2 cm³/mol. The van der Waals surface area contributed by atoms with E-state index in [0.717, 1.165) is 18.4 Å². The lowest BCUT2D eigenvalue weighted by Gasteiger charge is -2.36. The second-order valence-electron chi connectivity index (χ2n) is 7.84. The van der Waals surface area contributed by atoms with E-state index in [1.807, 2.05) is 0 Å². The van der Waals surface area contributed by atoms with Crippen molar-refractivity contribution in [3.05, 3.63) is 35.6 Å². The van der Waals surface area contributed by atoms with Crippen LogP contribution in [-0.2, 0) is 9.53 Å². The maximum atomic E-state index is 13.2. The largest absolute Gasteiger partial charge is 0.375 e. The van der Waals surface area contributed by atoms with E-state index < -0.39 is 0 Å². The molecule has 3 rings (SSSR count). The van der Waals surface area contributed by atoms with Crippen LogP contribution >= 0.6 is 0 Å². The summed E-state index contributed by atoms with van der Waals surface area (Å²) in [5.74, 6) is -0.0744. The van der Waals surface area contributed by atoms with Gasteiger partial charge in [0, 0.05) is 31.0 Å². The van der Waals surface area contributed by atoms with Crippen LogP contribution in [0.15, 0.2) is 24.3 Å². The summed E-state index contributed by atoms with van der Waals surface area (Å²) in [6.45, 7) is 6.86. The zero-order chi connectivity index (χ0) is 18.0. The van der Waals surface area contributed by atoms with Crippen LogP contribution < -0.4 is 16.2 Å². The summed E-state index contributed by atoms with van der Waals surface area (Å²) in [6.07, 6.45) is 2.12. The van der Waals surface area contributed by atoms with E-state index >= 15 is 0 Å². The summed E-state index contributed by atoms with van der Waals surface area (Å²) < 4.78 is 18.9. The lowest BCUT2D eigenvalue weighted by atomic mass is 9.87. The Kier molecular flexibility index (Phi) is 5.41. The number of amides is 1. The summed E-state index contributed by atoms with van der Waals surface area (Å²) >= 11 is 0. The Morgan fingerprint density at radius 1 is 1.32 bits per heavy atom. The van der Waals surface area contributed by atoms with Crippen LogP contribution in [0.4, 0.5) is 4.39 Å². The summed E-state index contributed by atoms with van der Waals surface area (Å²) in [5, 5.41) is 3.17. The second kappa shape index (κ2) is 7.40. The number of benzene rings is 1. The highest BCUT2D eigenvalue weighted by Gasteiger charge is 2.36. The van der Waals surface area contributed by atoms with E-state index in [1.54, 1.807) is 12.1 Å². The molecule has 138 valence electrons. The van der Waals surface area contributed by atoms with Crippen LogP contribution in [0.25, 0.3) is 0 Å². The molecule has 5 nitrogen and oxygen atoms in total. The molecule has 2 aliphatic heterocycles. The molecule has 0 saturated carbocycles. The minimum atomic E-state index is -0.251. The van der Waals surface area contributed by atoms with Crippen molar-refractivity contribution in [3.63, 3.8) is 0 Å². The summed E-state index contributed by atoms with van der Waals surface area (Å²) in [5.41, 5.74) is 7.26. The Bertz CT molecular complexity index is 605. The molecule has 0 aromatic heterocycles. The number of hydrogen-bond donors (Lipinski definition) is 3. The first-order valence-electron chi connectivity index (χ1n) is 9.04. The Labute approximate surface area is 148 Å². The quantitative estimate of drug-likeness (QED) is 0.781. The summed E-state index contributed by atoms with van der Waals surface area (Å²) in [6, 6.07) is 6.79. The molecule has 0 spiro atoms. The van der Waals surface area contributed by atoms with E-state index in [4.69, 9.17) is 4.74 Å². The molecule has 0 bridgehead atoms. The van der Waals surface area contributed by atoms with Crippen LogP contribution in [0.5, 0.6) is 0 Å². The van der Waals surface area contributed by atoms with Gasteiger partial charge in [-0.1, -0.05) is 12.1 Å². The van der Waals surface area contributed by atoms with E-state index in [9.17, 15) is 9.18 Å². The average molecular weight is 349 g/mol. The molecule has 2 saturated heterocycles. The molecule has 3 N–H and O–H groups in total. The fraction of sp³-hybridized carbons (Fsp3) is 0.632. The number of hydrogen-bond acceptors (Lipinski definition) is 4. The topological polar surface area (TPSA) is 62.4 Å². The van der Waals surface area contributed by atoms with Gasteiger partial charge in [-0.05, 0) is 51.3 Å². The number of carbonyl (C=O) groups is 1. The lowest BCUT2D eigenvalue weighted by molar-refractivity contribution is -0.125. The van der Waals surface area contributed by atoms with Crippen molar-refractivity contribution in [3.8, 4) is 0 Å². The fourth-order valence-electron chi connectivity index (χ4n) is 3.87. The Balaban J connectivity index is 1.61. The van der Waals surface area contributed by atoms with Gasteiger partial charge in [-0.3, -0.25) is 10.2 Å². The van der Waals surface area contributed by atoms with Gasteiger partial charge in [-0.15, -0.1) is 0 Å². The van der Waals surface area contributed by atoms with Gasteiger partial charge < -0.3 is 10.1 Å². The number of nitrogens with one attached hydrogen (secondary N) is 3. The van der Waals surface area contributed by atoms with Gasteiger partial charge in [0.05, 0.1) is 11.6 Å². The molecule has 6 heteroatoms. The maximum absolute atomic E-state index is 13.2. The molecular formula is C19H28FN3O2. The van der Waals surface area contributed by atoms with Crippen LogP contribution in [0.2, 0.25) is 0 Å². The first-order valence-corrected chi connectivity index (χ1v) is 9.04. The van der Waals surface area contributed by atoms with Gasteiger partial charge in [-0.25, -0.2) is 9.82 Å². The molecule has 4 atom stereocenters. The third-order valence-electron chi connectivity index (χ3n) is 5.25. The monoisotopic (exact) mass is 349 g/mol. The van der Waals surface area contributed by atoms with Crippen LogP contribution in [0.3, 0.4) is 0 Å².